The second-order valence-electron chi connectivity index (χ2n) is 5.90. The molecule has 8 nitrogen and oxygen atoms in total. The van der Waals surface area contributed by atoms with Crippen LogP contribution in [-0.4, -0.2) is 29.3 Å². The van der Waals surface area contributed by atoms with Crippen LogP contribution in [0.4, 0.5) is 21.6 Å². The summed E-state index contributed by atoms with van der Waals surface area (Å²) in [5, 5.41) is 6.78. The van der Waals surface area contributed by atoms with Crippen molar-refractivity contribution in [3.05, 3.63) is 84.4 Å². The van der Waals surface area contributed by atoms with Crippen molar-refractivity contribution in [3.63, 3.8) is 0 Å². The smallest absolute Gasteiger partial charge is 0.261 e. The SMILES string of the molecule is O=C(Nc1ccccc1)c1cnn2ccc(N(c3ccccc3F)S(=O)[O-])nc12. The molecule has 2 aromatic heterocycles. The number of fused-ring (bicyclic) bond motifs is 1. The number of halogens is 1. The number of para-hydroxylation sites is 2. The molecule has 0 aliphatic rings. The largest absolute Gasteiger partial charge is 0.755 e. The van der Waals surface area contributed by atoms with Crippen molar-refractivity contribution in [1.29, 1.82) is 0 Å². The van der Waals surface area contributed by atoms with Crippen LogP contribution >= 0.6 is 0 Å². The second kappa shape index (κ2) is 7.78. The van der Waals surface area contributed by atoms with Crippen LogP contribution in [0.1, 0.15) is 10.4 Å². The van der Waals surface area contributed by atoms with E-state index in [1.807, 2.05) is 6.07 Å². The summed E-state index contributed by atoms with van der Waals surface area (Å²) >= 11 is -2.84. The molecule has 4 aromatic rings. The minimum atomic E-state index is -2.84. The van der Waals surface area contributed by atoms with Crippen LogP contribution in [0.25, 0.3) is 5.65 Å². The third kappa shape index (κ3) is 3.71. The number of anilines is 3. The van der Waals surface area contributed by atoms with Gasteiger partial charge in [-0.15, -0.1) is 0 Å². The van der Waals surface area contributed by atoms with Gasteiger partial charge in [0, 0.05) is 18.0 Å². The number of benzene rings is 2. The average Bonchev–Trinajstić information content (AvgIpc) is 3.14. The van der Waals surface area contributed by atoms with Crippen LogP contribution in [0.3, 0.4) is 0 Å². The van der Waals surface area contributed by atoms with E-state index in [0.717, 1.165) is 6.07 Å². The van der Waals surface area contributed by atoms with Gasteiger partial charge in [-0.3, -0.25) is 13.3 Å². The maximum Gasteiger partial charge on any atom is 0.261 e. The Labute approximate surface area is 167 Å². The zero-order chi connectivity index (χ0) is 20.4. The molecule has 0 bridgehead atoms. The van der Waals surface area contributed by atoms with Crippen LogP contribution in [0, 0.1) is 5.82 Å². The minimum absolute atomic E-state index is 0.0785. The van der Waals surface area contributed by atoms with E-state index in [9.17, 15) is 17.9 Å². The molecule has 0 saturated heterocycles. The monoisotopic (exact) mass is 410 g/mol. The van der Waals surface area contributed by atoms with Crippen LogP contribution in [-0.2, 0) is 11.3 Å². The maximum absolute atomic E-state index is 14.2. The summed E-state index contributed by atoms with van der Waals surface area (Å²) in [5.41, 5.74) is 0.665. The van der Waals surface area contributed by atoms with Gasteiger partial charge in [-0.25, -0.2) is 13.9 Å². The van der Waals surface area contributed by atoms with Crippen LogP contribution < -0.4 is 9.62 Å². The lowest BCUT2D eigenvalue weighted by Crippen LogP contribution is -2.22. The van der Waals surface area contributed by atoms with Crippen LogP contribution in [0.15, 0.2) is 73.1 Å². The van der Waals surface area contributed by atoms with Gasteiger partial charge in [0.15, 0.2) is 5.65 Å². The molecule has 1 N–H and O–H groups in total. The second-order valence-corrected chi connectivity index (χ2v) is 6.69. The molecule has 2 aromatic carbocycles. The Balaban J connectivity index is 1.75. The average molecular weight is 410 g/mol. The van der Waals surface area contributed by atoms with E-state index in [2.05, 4.69) is 15.4 Å². The molecule has 29 heavy (non-hydrogen) atoms. The first-order valence-corrected chi connectivity index (χ1v) is 9.42. The normalized spacial score (nSPS) is 11.9. The fraction of sp³-hybridized carbons (Fsp3) is 0. The summed E-state index contributed by atoms with van der Waals surface area (Å²) in [4.78, 5) is 16.9. The number of carbonyl (C=O) groups excluding carboxylic acids is 1. The fourth-order valence-electron chi connectivity index (χ4n) is 2.75. The van der Waals surface area contributed by atoms with E-state index in [1.54, 1.807) is 24.3 Å². The zero-order valence-corrected chi connectivity index (χ0v) is 15.5. The van der Waals surface area contributed by atoms with Crippen molar-refractivity contribution >= 4 is 40.0 Å². The highest BCUT2D eigenvalue weighted by Gasteiger charge is 2.19. The number of carbonyl (C=O) groups is 1. The van der Waals surface area contributed by atoms with Gasteiger partial charge in [-0.1, -0.05) is 30.3 Å². The molecule has 0 fully saturated rings. The first-order valence-electron chi connectivity index (χ1n) is 8.39. The summed E-state index contributed by atoms with van der Waals surface area (Å²) in [7, 11) is 0. The standard InChI is InChI=1S/C19H14FN5O3S/c20-15-8-4-5-9-16(15)25(29(27)28)17-10-11-24-18(23-17)14(12-21-24)19(26)22-13-6-2-1-3-7-13/h1-12H,(H,22,26)(H,27,28)/p-1. The predicted octanol–water partition coefficient (Wildman–Crippen LogP) is 3.05. The highest BCUT2D eigenvalue weighted by atomic mass is 32.2. The first kappa shape index (κ1) is 18.7. The van der Waals surface area contributed by atoms with E-state index >= 15 is 0 Å². The van der Waals surface area contributed by atoms with Gasteiger partial charge in [0.2, 0.25) is 0 Å². The van der Waals surface area contributed by atoms with E-state index in [4.69, 9.17) is 0 Å². The molecule has 1 amide bonds. The highest BCUT2D eigenvalue weighted by Crippen LogP contribution is 2.28. The van der Waals surface area contributed by atoms with Gasteiger partial charge < -0.3 is 9.87 Å². The fourth-order valence-corrected chi connectivity index (χ4v) is 3.31. The third-order valence-electron chi connectivity index (χ3n) is 4.06. The van der Waals surface area contributed by atoms with E-state index < -0.39 is 23.0 Å². The molecule has 0 spiro atoms. The number of nitrogens with one attached hydrogen (secondary N) is 1. The molecular formula is C19H13FN5O3S-. The molecule has 1 atom stereocenters. The first-order chi connectivity index (χ1) is 14.0. The number of nitrogens with zero attached hydrogens (tertiary/aromatic N) is 4. The molecule has 4 rings (SSSR count). The Hall–Kier alpha value is -3.63. The molecule has 2 heterocycles. The lowest BCUT2D eigenvalue weighted by atomic mass is 10.2. The molecule has 10 heteroatoms. The number of aromatic nitrogens is 3. The molecule has 0 saturated carbocycles. The van der Waals surface area contributed by atoms with Crippen LogP contribution in [0.2, 0.25) is 0 Å². The molecule has 0 aliphatic heterocycles. The summed E-state index contributed by atoms with van der Waals surface area (Å²) in [6, 6.07) is 15.6. The lowest BCUT2D eigenvalue weighted by molar-refractivity contribution is 0.102. The summed E-state index contributed by atoms with van der Waals surface area (Å²) < 4.78 is 39.8. The summed E-state index contributed by atoms with van der Waals surface area (Å²) in [6.07, 6.45) is 2.77. The Kier molecular flexibility index (Phi) is 5.02. The number of amides is 1. The maximum atomic E-state index is 14.2. The van der Waals surface area contributed by atoms with Gasteiger partial charge in [-0.05, 0) is 24.3 Å². The van der Waals surface area contributed by atoms with Crippen molar-refractivity contribution in [2.45, 2.75) is 0 Å². The molecule has 1 unspecified atom stereocenters. The number of hydrogen-bond donors (Lipinski definition) is 1. The third-order valence-corrected chi connectivity index (χ3v) is 4.74. The van der Waals surface area contributed by atoms with Crippen molar-refractivity contribution in [2.24, 2.45) is 0 Å². The lowest BCUT2D eigenvalue weighted by Gasteiger charge is -2.25. The van der Waals surface area contributed by atoms with E-state index in [1.165, 1.54) is 41.2 Å². The van der Waals surface area contributed by atoms with Gasteiger partial charge in [0.1, 0.15) is 17.2 Å². The van der Waals surface area contributed by atoms with Crippen molar-refractivity contribution < 1.29 is 17.9 Å². The Morgan fingerprint density at radius 2 is 1.83 bits per heavy atom. The Morgan fingerprint density at radius 1 is 1.10 bits per heavy atom. The van der Waals surface area contributed by atoms with Gasteiger partial charge in [-0.2, -0.15) is 5.10 Å². The van der Waals surface area contributed by atoms with Gasteiger partial charge >= 0.3 is 0 Å². The Bertz CT molecular complexity index is 1210. The molecule has 0 aliphatic carbocycles. The predicted molar refractivity (Wildman–Crippen MR) is 105 cm³/mol. The van der Waals surface area contributed by atoms with Gasteiger partial charge in [0.05, 0.1) is 23.2 Å². The number of hydrogen-bond acceptors (Lipinski definition) is 5. The molecule has 146 valence electrons. The van der Waals surface area contributed by atoms with Crippen molar-refractivity contribution in [1.82, 2.24) is 14.6 Å². The van der Waals surface area contributed by atoms with E-state index in [-0.39, 0.29) is 22.7 Å². The van der Waals surface area contributed by atoms with E-state index in [0.29, 0.717) is 9.99 Å². The summed E-state index contributed by atoms with van der Waals surface area (Å²) in [5.74, 6) is -1.27. The van der Waals surface area contributed by atoms with Crippen molar-refractivity contribution in [3.8, 4) is 0 Å². The topological polar surface area (TPSA) is 103 Å². The Morgan fingerprint density at radius 3 is 2.55 bits per heavy atom. The zero-order valence-electron chi connectivity index (χ0n) is 14.7. The minimum Gasteiger partial charge on any atom is -0.755 e. The molecule has 0 radical (unpaired) electrons. The molecular weight excluding hydrogens is 397 g/mol. The highest BCUT2D eigenvalue weighted by molar-refractivity contribution is 7.81. The van der Waals surface area contributed by atoms with Crippen molar-refractivity contribution in [2.75, 3.05) is 9.62 Å². The number of rotatable bonds is 5. The summed E-state index contributed by atoms with van der Waals surface area (Å²) in [6.45, 7) is 0. The van der Waals surface area contributed by atoms with Crippen LogP contribution in [0.5, 0.6) is 0 Å². The van der Waals surface area contributed by atoms with Gasteiger partial charge in [0.25, 0.3) is 5.91 Å². The quantitative estimate of drug-likeness (QED) is 0.510.